The highest BCUT2D eigenvalue weighted by Gasteiger charge is 2.58. The van der Waals surface area contributed by atoms with E-state index in [9.17, 15) is 30.1 Å². The average molecular weight is 499 g/mol. The van der Waals surface area contributed by atoms with Gasteiger partial charge < -0.3 is 10.5 Å². The van der Waals surface area contributed by atoms with Gasteiger partial charge in [-0.15, -0.1) is 0 Å². The molecule has 4 aliphatic rings. The quantitative estimate of drug-likeness (QED) is 0.396. The number of aliphatic hydroxyl groups excluding tert-OH is 1. The summed E-state index contributed by atoms with van der Waals surface area (Å²) in [6.45, 7) is 4.70. The number of carbonyl (C=O) groups is 1. The molecule has 0 aromatic heterocycles. The Bertz CT molecular complexity index is 1110. The maximum atomic E-state index is 12.8. The molecule has 5 rings (SSSR count). The number of hydrazine groups is 1. The van der Waals surface area contributed by atoms with Gasteiger partial charge in [0.2, 0.25) is 0 Å². The maximum Gasteiger partial charge on any atom is 0.277 e. The van der Waals surface area contributed by atoms with Crippen molar-refractivity contribution in [2.75, 3.05) is 0 Å². The first-order chi connectivity index (χ1) is 17.0. The van der Waals surface area contributed by atoms with Crippen molar-refractivity contribution in [3.05, 3.63) is 55.8 Å². The lowest BCUT2D eigenvalue weighted by Crippen LogP contribution is -2.54. The maximum absolute atomic E-state index is 12.8. The molecule has 10 nitrogen and oxygen atoms in total. The summed E-state index contributed by atoms with van der Waals surface area (Å²) in [5.41, 5.74) is 5.68. The molecule has 1 aromatic carbocycles. The van der Waals surface area contributed by atoms with Gasteiger partial charge in [0.25, 0.3) is 17.3 Å². The largest absolute Gasteiger partial charge is 0.393 e. The fourth-order valence-corrected chi connectivity index (χ4v) is 8.13. The molecule has 10 heteroatoms. The Morgan fingerprint density at radius 1 is 1.00 bits per heavy atom. The number of carbonyl (C=O) groups excluding carboxylic acids is 1. The number of fused-ring (bicyclic) bond motifs is 5. The number of hydrogen-bond donors (Lipinski definition) is 3. The van der Waals surface area contributed by atoms with Crippen LogP contribution in [-0.2, 0) is 0 Å². The summed E-state index contributed by atoms with van der Waals surface area (Å²) in [4.78, 5) is 33.7. The van der Waals surface area contributed by atoms with E-state index in [4.69, 9.17) is 0 Å². The van der Waals surface area contributed by atoms with Crippen molar-refractivity contribution in [1.29, 1.82) is 0 Å². The third-order valence-corrected chi connectivity index (χ3v) is 10.1. The standard InChI is InChI=1S/C26H34N4O6/c1-25-9-7-19(31)13-16(25)3-4-20-21-5-6-23(26(21,2)10-8-22(20)25)27-28-24(32)15-11-17(29(33)34)14-18(12-15)30(35)36/h6,11-12,14,16,19-22,27,31H,3-5,7-10,13H2,1-2H3,(H,28,32)/t16-,19+,20-,21-,22+,25+,26+/m1/s1. The Morgan fingerprint density at radius 3 is 2.36 bits per heavy atom. The number of nitro benzene ring substituents is 2. The van der Waals surface area contributed by atoms with Gasteiger partial charge in [0, 0.05) is 23.2 Å². The molecule has 0 aliphatic heterocycles. The number of benzene rings is 1. The average Bonchev–Trinajstić information content (AvgIpc) is 3.18. The van der Waals surface area contributed by atoms with Gasteiger partial charge in [-0.05, 0) is 80.5 Å². The second-order valence-corrected chi connectivity index (χ2v) is 11.7. The monoisotopic (exact) mass is 498 g/mol. The molecule has 0 radical (unpaired) electrons. The second kappa shape index (κ2) is 8.83. The number of aliphatic hydroxyl groups is 1. The van der Waals surface area contributed by atoms with Crippen LogP contribution < -0.4 is 10.9 Å². The fraction of sp³-hybridized carbons (Fsp3) is 0.654. The molecule has 0 saturated heterocycles. The summed E-state index contributed by atoms with van der Waals surface area (Å²) in [6.07, 6.45) is 10.3. The number of allylic oxidation sites excluding steroid dienone is 2. The van der Waals surface area contributed by atoms with Crippen LogP contribution >= 0.6 is 0 Å². The van der Waals surface area contributed by atoms with Crippen molar-refractivity contribution in [2.24, 2.45) is 34.5 Å². The van der Waals surface area contributed by atoms with Crippen molar-refractivity contribution in [2.45, 2.75) is 71.3 Å². The third kappa shape index (κ3) is 3.95. The molecule has 1 amide bonds. The first-order valence-corrected chi connectivity index (χ1v) is 12.9. The Kier molecular flexibility index (Phi) is 6.05. The molecule has 0 bridgehead atoms. The second-order valence-electron chi connectivity index (χ2n) is 11.7. The van der Waals surface area contributed by atoms with Crippen LogP contribution in [0.2, 0.25) is 0 Å². The zero-order chi connectivity index (χ0) is 25.8. The Hall–Kier alpha value is -3.01. The molecule has 1 aromatic rings. The zero-order valence-corrected chi connectivity index (χ0v) is 20.7. The summed E-state index contributed by atoms with van der Waals surface area (Å²) >= 11 is 0. The summed E-state index contributed by atoms with van der Waals surface area (Å²) in [7, 11) is 0. The minimum absolute atomic E-state index is 0.111. The van der Waals surface area contributed by atoms with E-state index >= 15 is 0 Å². The van der Waals surface area contributed by atoms with Crippen LogP contribution in [0.5, 0.6) is 0 Å². The third-order valence-electron chi connectivity index (χ3n) is 10.1. The molecule has 0 spiro atoms. The summed E-state index contributed by atoms with van der Waals surface area (Å²) < 4.78 is 0. The first kappa shape index (κ1) is 24.7. The van der Waals surface area contributed by atoms with Gasteiger partial charge in [-0.25, -0.2) is 0 Å². The van der Waals surface area contributed by atoms with Crippen molar-refractivity contribution in [3.63, 3.8) is 0 Å². The van der Waals surface area contributed by atoms with Gasteiger partial charge in [0.05, 0.1) is 27.6 Å². The highest BCUT2D eigenvalue weighted by atomic mass is 16.6. The smallest absolute Gasteiger partial charge is 0.277 e. The minimum Gasteiger partial charge on any atom is -0.393 e. The van der Waals surface area contributed by atoms with Crippen LogP contribution in [0.15, 0.2) is 30.0 Å². The molecule has 3 N–H and O–H groups in total. The van der Waals surface area contributed by atoms with Crippen molar-refractivity contribution < 1.29 is 19.7 Å². The van der Waals surface area contributed by atoms with Crippen LogP contribution in [0.4, 0.5) is 11.4 Å². The Morgan fingerprint density at radius 2 is 1.69 bits per heavy atom. The van der Waals surface area contributed by atoms with Gasteiger partial charge >= 0.3 is 0 Å². The molecule has 3 fully saturated rings. The van der Waals surface area contributed by atoms with E-state index in [1.54, 1.807) is 0 Å². The normalized spacial score (nSPS) is 37.1. The highest BCUT2D eigenvalue weighted by molar-refractivity contribution is 5.95. The molecule has 36 heavy (non-hydrogen) atoms. The lowest BCUT2D eigenvalue weighted by Gasteiger charge is -2.60. The summed E-state index contributed by atoms with van der Waals surface area (Å²) in [5.74, 6) is 1.66. The van der Waals surface area contributed by atoms with Crippen LogP contribution in [0, 0.1) is 54.7 Å². The van der Waals surface area contributed by atoms with Gasteiger partial charge in [0.1, 0.15) is 0 Å². The van der Waals surface area contributed by atoms with Gasteiger partial charge in [-0.1, -0.05) is 19.9 Å². The summed E-state index contributed by atoms with van der Waals surface area (Å²) in [6, 6.07) is 2.93. The zero-order valence-electron chi connectivity index (χ0n) is 20.7. The molecule has 0 heterocycles. The van der Waals surface area contributed by atoms with Crippen LogP contribution in [0.3, 0.4) is 0 Å². The predicted octanol–water partition coefficient (Wildman–Crippen LogP) is 4.63. The predicted molar refractivity (Wildman–Crippen MR) is 132 cm³/mol. The van der Waals surface area contributed by atoms with Gasteiger partial charge in [0.15, 0.2) is 0 Å². The van der Waals surface area contributed by atoms with E-state index in [-0.39, 0.29) is 22.5 Å². The number of non-ortho nitro benzene ring substituents is 2. The van der Waals surface area contributed by atoms with Crippen molar-refractivity contribution >= 4 is 17.3 Å². The lowest BCUT2D eigenvalue weighted by molar-refractivity contribution is -0.394. The number of nitro groups is 2. The number of hydrogen-bond acceptors (Lipinski definition) is 7. The fourth-order valence-electron chi connectivity index (χ4n) is 8.13. The molecule has 7 atom stereocenters. The number of nitrogens with zero attached hydrogens (tertiary/aromatic N) is 2. The van der Waals surface area contributed by atoms with Crippen LogP contribution in [0.1, 0.15) is 75.6 Å². The molecular weight excluding hydrogens is 464 g/mol. The summed E-state index contributed by atoms with van der Waals surface area (Å²) in [5, 5.41) is 32.6. The minimum atomic E-state index is -0.747. The van der Waals surface area contributed by atoms with Crippen molar-refractivity contribution in [1.82, 2.24) is 10.9 Å². The Labute approximate surface area is 209 Å². The van der Waals surface area contributed by atoms with E-state index in [1.807, 2.05) is 0 Å². The van der Waals surface area contributed by atoms with Gasteiger partial charge in [-0.3, -0.25) is 30.4 Å². The van der Waals surface area contributed by atoms with E-state index in [0.717, 1.165) is 68.8 Å². The number of rotatable bonds is 5. The van der Waals surface area contributed by atoms with E-state index < -0.39 is 27.1 Å². The molecular formula is C26H34N4O6. The van der Waals surface area contributed by atoms with Crippen LogP contribution in [0.25, 0.3) is 0 Å². The SMILES string of the molecule is C[C@]12CC[C@H](O)C[C@H]1CC[C@@H]1[C@H]3CC=C(NNC(=O)c4cc([N+](=O)[O-])cc([N+](=O)[O-])c4)[C@@]3(C)CC[C@@H]12. The lowest BCUT2D eigenvalue weighted by atomic mass is 9.45. The van der Waals surface area contributed by atoms with Crippen LogP contribution in [-0.4, -0.2) is 27.0 Å². The number of nitrogens with one attached hydrogen (secondary N) is 2. The topological polar surface area (TPSA) is 148 Å². The highest BCUT2D eigenvalue weighted by Crippen LogP contribution is 2.65. The Balaban J connectivity index is 1.29. The first-order valence-electron chi connectivity index (χ1n) is 12.9. The van der Waals surface area contributed by atoms with Gasteiger partial charge in [-0.2, -0.15) is 0 Å². The van der Waals surface area contributed by atoms with E-state index in [2.05, 4.69) is 30.8 Å². The molecule has 3 saturated carbocycles. The van der Waals surface area contributed by atoms with Crippen molar-refractivity contribution in [3.8, 4) is 0 Å². The van der Waals surface area contributed by atoms with E-state index in [0.29, 0.717) is 23.7 Å². The number of amides is 1. The molecule has 4 aliphatic carbocycles. The van der Waals surface area contributed by atoms with E-state index in [1.165, 1.54) is 6.42 Å². The molecule has 194 valence electrons. The molecule has 0 unspecified atom stereocenters.